The van der Waals surface area contributed by atoms with E-state index in [9.17, 15) is 48.6 Å². The van der Waals surface area contributed by atoms with Crippen LogP contribution in [-0.2, 0) is 38.4 Å². The first kappa shape index (κ1) is 20.7. The van der Waals surface area contributed by atoms with Crippen LogP contribution in [0, 0.1) is 10.8 Å². The Hall–Kier alpha value is -3.64. The third-order valence-electron chi connectivity index (χ3n) is 4.66. The zero-order valence-electron chi connectivity index (χ0n) is 14.7. The maximum absolute atomic E-state index is 12.3. The van der Waals surface area contributed by atoms with E-state index < -0.39 is 71.2 Å². The van der Waals surface area contributed by atoms with Gasteiger partial charge in [-0.15, -0.1) is 0 Å². The summed E-state index contributed by atoms with van der Waals surface area (Å²) in [6.07, 6.45) is -0.455. The number of carbonyl (C=O) groups is 8. The van der Waals surface area contributed by atoms with E-state index in [4.69, 9.17) is 0 Å². The summed E-state index contributed by atoms with van der Waals surface area (Å²) in [5, 5.41) is 20.2. The monoisotopic (exact) mass is 397 g/mol. The van der Waals surface area contributed by atoms with Crippen molar-refractivity contribution in [3.8, 4) is 0 Å². The number of hydrogen-bond acceptors (Lipinski definition) is 8. The Bertz CT molecular complexity index is 812. The molecule has 2 heterocycles. The summed E-state index contributed by atoms with van der Waals surface area (Å²) in [5.74, 6) is -12.2. The number of Topliss-reactive ketones (excluding diaryl/α,β-unsaturated/α-hetero) is 1. The van der Waals surface area contributed by atoms with Gasteiger partial charge < -0.3 is 15.5 Å². The summed E-state index contributed by atoms with van der Waals surface area (Å²) in [6.45, 7) is 0.453. The summed E-state index contributed by atoms with van der Waals surface area (Å²) in [4.78, 5) is 95.7. The highest BCUT2D eigenvalue weighted by Gasteiger charge is 2.79. The van der Waals surface area contributed by atoms with Gasteiger partial charge in [-0.3, -0.25) is 38.6 Å². The predicted molar refractivity (Wildman–Crippen MR) is 82.7 cm³/mol. The molecule has 13 nitrogen and oxygen atoms in total. The largest absolute Gasteiger partial charge is 0.480 e. The minimum absolute atomic E-state index is 0.0672. The van der Waals surface area contributed by atoms with Crippen molar-refractivity contribution in [3.05, 3.63) is 0 Å². The smallest absolute Gasteiger partial charge is 0.338 e. The molecule has 0 unspecified atom stereocenters. The number of rotatable bonds is 8. The predicted octanol–water partition coefficient (Wildman–Crippen LogP) is -3.06. The van der Waals surface area contributed by atoms with E-state index in [2.05, 4.69) is 0 Å². The topological polar surface area (TPSA) is 196 Å². The molecule has 2 saturated heterocycles. The first-order valence-corrected chi connectivity index (χ1v) is 7.90. The van der Waals surface area contributed by atoms with Crippen molar-refractivity contribution in [2.24, 2.45) is 10.8 Å². The standard InChI is InChI=1S/C15H15N3O10/c1-3-4-6(19)14(12(25)26,13(27)28)7(20)16-5-18-10(23)15(11(18)24)8(21)17(2)9(15)22/h3-5H2,1-2H3,(H,16,20)(H,25,26)(H,27,28). The van der Waals surface area contributed by atoms with Gasteiger partial charge in [-0.25, -0.2) is 9.59 Å². The van der Waals surface area contributed by atoms with Gasteiger partial charge in [0.25, 0.3) is 40.4 Å². The molecule has 3 N–H and O–H groups in total. The molecule has 28 heavy (non-hydrogen) atoms. The number of carboxylic acid groups (broad SMARTS) is 2. The van der Waals surface area contributed by atoms with Crippen LogP contribution in [0.5, 0.6) is 0 Å². The fourth-order valence-corrected chi connectivity index (χ4v) is 3.03. The van der Waals surface area contributed by atoms with Crippen LogP contribution >= 0.6 is 0 Å². The second-order valence-corrected chi connectivity index (χ2v) is 6.16. The molecule has 1 spiro atoms. The van der Waals surface area contributed by atoms with Gasteiger partial charge in [0.2, 0.25) is 0 Å². The number of β-lactam (4-membered cyclic amide) rings is 4. The van der Waals surface area contributed by atoms with Gasteiger partial charge in [-0.05, 0) is 6.42 Å². The van der Waals surface area contributed by atoms with E-state index in [0.29, 0.717) is 4.90 Å². The van der Waals surface area contributed by atoms with E-state index in [1.165, 1.54) is 6.92 Å². The quantitative estimate of drug-likeness (QED) is 0.279. The number of ketones is 1. The van der Waals surface area contributed by atoms with Crippen LogP contribution in [0.1, 0.15) is 19.8 Å². The maximum Gasteiger partial charge on any atom is 0.338 e. The molecular weight excluding hydrogens is 382 g/mol. The highest BCUT2D eigenvalue weighted by Crippen LogP contribution is 2.43. The Balaban J connectivity index is 2.20. The molecule has 2 aliphatic heterocycles. The van der Waals surface area contributed by atoms with Crippen molar-refractivity contribution < 1.29 is 48.6 Å². The highest BCUT2D eigenvalue weighted by molar-refractivity contribution is 6.52. The summed E-state index contributed by atoms with van der Waals surface area (Å²) < 4.78 is 0. The van der Waals surface area contributed by atoms with E-state index in [-0.39, 0.29) is 11.3 Å². The molecule has 0 saturated carbocycles. The molecule has 0 bridgehead atoms. The SMILES string of the molecule is CCCC(=O)C(C(=O)O)(C(=O)O)C(=O)NCN1C(=O)C2(C(=O)N(C)C2=O)C1=O. The van der Waals surface area contributed by atoms with Gasteiger partial charge in [-0.1, -0.05) is 6.92 Å². The van der Waals surface area contributed by atoms with Gasteiger partial charge in [0.1, 0.15) is 6.67 Å². The van der Waals surface area contributed by atoms with Crippen molar-refractivity contribution in [3.63, 3.8) is 0 Å². The number of nitrogens with one attached hydrogen (secondary N) is 1. The lowest BCUT2D eigenvalue weighted by Gasteiger charge is -2.51. The fourth-order valence-electron chi connectivity index (χ4n) is 3.03. The number of carbonyl (C=O) groups excluding carboxylic acids is 6. The Morgan fingerprint density at radius 3 is 1.82 bits per heavy atom. The summed E-state index contributed by atoms with van der Waals surface area (Å²) >= 11 is 0. The minimum atomic E-state index is -3.47. The van der Waals surface area contributed by atoms with Crippen LogP contribution in [0.3, 0.4) is 0 Å². The van der Waals surface area contributed by atoms with E-state index in [0.717, 1.165) is 7.05 Å². The Morgan fingerprint density at radius 2 is 1.43 bits per heavy atom. The summed E-state index contributed by atoms with van der Waals surface area (Å²) in [7, 11) is 1.06. The number of nitrogens with zero attached hydrogens (tertiary/aromatic N) is 2. The third kappa shape index (κ3) is 2.18. The zero-order chi connectivity index (χ0) is 21.6. The maximum atomic E-state index is 12.3. The Kier molecular flexibility index (Phi) is 4.80. The van der Waals surface area contributed by atoms with Gasteiger partial charge in [-0.2, -0.15) is 0 Å². The number of hydrogen-bond donors (Lipinski definition) is 3. The summed E-state index contributed by atoms with van der Waals surface area (Å²) in [6, 6.07) is 0. The van der Waals surface area contributed by atoms with Crippen LogP contribution in [0.25, 0.3) is 0 Å². The normalized spacial score (nSPS) is 17.9. The van der Waals surface area contributed by atoms with Crippen LogP contribution < -0.4 is 5.32 Å². The molecule has 0 aromatic rings. The molecule has 0 atom stereocenters. The van der Waals surface area contributed by atoms with Gasteiger partial charge in [0.05, 0.1) is 0 Å². The average Bonchev–Trinajstić information content (AvgIpc) is 2.61. The molecule has 2 aliphatic rings. The number of imide groups is 2. The van der Waals surface area contributed by atoms with Crippen molar-refractivity contribution in [2.75, 3.05) is 13.7 Å². The van der Waals surface area contributed by atoms with Crippen molar-refractivity contribution in [2.45, 2.75) is 19.8 Å². The molecule has 0 aromatic carbocycles. The summed E-state index contributed by atoms with van der Waals surface area (Å²) in [5.41, 5.74) is -5.96. The molecule has 0 aromatic heterocycles. The third-order valence-corrected chi connectivity index (χ3v) is 4.66. The first-order valence-electron chi connectivity index (χ1n) is 7.90. The van der Waals surface area contributed by atoms with Gasteiger partial charge >= 0.3 is 11.9 Å². The molecule has 2 rings (SSSR count). The van der Waals surface area contributed by atoms with Gasteiger partial charge in [0, 0.05) is 13.5 Å². The molecule has 0 radical (unpaired) electrons. The van der Waals surface area contributed by atoms with E-state index in [1.54, 1.807) is 5.32 Å². The van der Waals surface area contributed by atoms with Crippen molar-refractivity contribution >= 4 is 47.3 Å². The number of likely N-dealkylation sites (tertiary alicyclic amines) is 2. The van der Waals surface area contributed by atoms with Crippen molar-refractivity contribution in [1.82, 2.24) is 15.1 Å². The number of aliphatic carboxylic acids is 2. The van der Waals surface area contributed by atoms with E-state index in [1.807, 2.05) is 0 Å². The number of carboxylic acids is 2. The average molecular weight is 397 g/mol. The minimum Gasteiger partial charge on any atom is -0.480 e. The fraction of sp³-hybridized carbons (Fsp3) is 0.467. The Morgan fingerprint density at radius 1 is 0.964 bits per heavy atom. The lowest BCUT2D eigenvalue weighted by atomic mass is 9.69. The van der Waals surface area contributed by atoms with Crippen LogP contribution in [0.15, 0.2) is 0 Å². The molecule has 13 heteroatoms. The lowest BCUT2D eigenvalue weighted by molar-refractivity contribution is -0.198. The van der Waals surface area contributed by atoms with Crippen molar-refractivity contribution in [1.29, 1.82) is 0 Å². The molecule has 2 fully saturated rings. The second kappa shape index (κ2) is 6.51. The van der Waals surface area contributed by atoms with Crippen LogP contribution in [-0.4, -0.2) is 81.0 Å². The highest BCUT2D eigenvalue weighted by atomic mass is 16.4. The molecule has 0 aliphatic carbocycles. The van der Waals surface area contributed by atoms with Gasteiger partial charge in [0.15, 0.2) is 5.78 Å². The molecule has 150 valence electrons. The first-order chi connectivity index (χ1) is 12.9. The van der Waals surface area contributed by atoms with Crippen LogP contribution in [0.2, 0.25) is 0 Å². The lowest BCUT2D eigenvalue weighted by Crippen LogP contribution is -2.84. The molecule has 5 amide bonds. The van der Waals surface area contributed by atoms with E-state index >= 15 is 0 Å². The second-order valence-electron chi connectivity index (χ2n) is 6.16. The number of amides is 5. The zero-order valence-corrected chi connectivity index (χ0v) is 14.7. The molecular formula is C15H15N3O10. The Labute approximate surface area is 156 Å². The van der Waals surface area contributed by atoms with Crippen LogP contribution in [0.4, 0.5) is 0 Å².